The van der Waals surface area contributed by atoms with Crippen molar-refractivity contribution in [3.63, 3.8) is 0 Å². The lowest BCUT2D eigenvalue weighted by atomic mass is 10.1. The maximum atomic E-state index is 10.6. The lowest BCUT2D eigenvalue weighted by Gasteiger charge is -2.09. The molecule has 3 N–H and O–H groups in total. The van der Waals surface area contributed by atoms with Crippen LogP contribution < -0.4 is 0 Å². The first-order valence-electron chi connectivity index (χ1n) is 4.38. The number of carbonyl (C=O) groups is 2. The molecule has 0 amide bonds. The molecule has 0 saturated carbocycles. The number of nitro groups is 1. The largest absolute Gasteiger partial charge is 0.509 e. The summed E-state index contributed by atoms with van der Waals surface area (Å²) in [7, 11) is 0. The smallest absolute Gasteiger partial charge is 0.309 e. The van der Waals surface area contributed by atoms with Gasteiger partial charge in [-0.05, 0) is 0 Å². The van der Waals surface area contributed by atoms with Crippen molar-refractivity contribution in [3.05, 3.63) is 22.1 Å². The summed E-state index contributed by atoms with van der Waals surface area (Å²) in [5, 5.41) is 35.6. The summed E-state index contributed by atoms with van der Waals surface area (Å²) < 4.78 is 4.66. The van der Waals surface area contributed by atoms with Crippen LogP contribution in [0.5, 0.6) is 0 Å². The highest BCUT2D eigenvalue weighted by molar-refractivity contribution is 5.77. The minimum Gasteiger partial charge on any atom is -0.509 e. The molecule has 0 bridgehead atoms. The van der Waals surface area contributed by atoms with E-state index in [4.69, 9.17) is 15.3 Å². The Hall–Kier alpha value is -2.16. The van der Waals surface area contributed by atoms with Crippen molar-refractivity contribution in [2.75, 3.05) is 13.2 Å². The standard InChI is InChI=1S/C8H11NO8/c10-2-6(9(15)16)4-17-3-5(8(13)14)1-7(11)12/h2,5,10H,1,3-4H2,(H,11,12)(H,13,14)/b6-2+. The minimum atomic E-state index is -1.37. The predicted octanol–water partition coefficient (Wildman–Crippen LogP) is -0.145. The Balaban J connectivity index is 4.19. The van der Waals surface area contributed by atoms with Gasteiger partial charge in [-0.2, -0.15) is 0 Å². The summed E-state index contributed by atoms with van der Waals surface area (Å²) in [5.74, 6) is -3.98. The van der Waals surface area contributed by atoms with Crippen LogP contribution in [0.1, 0.15) is 6.42 Å². The van der Waals surface area contributed by atoms with E-state index in [9.17, 15) is 19.7 Å². The van der Waals surface area contributed by atoms with Crippen LogP contribution in [0.15, 0.2) is 12.0 Å². The summed E-state index contributed by atoms with van der Waals surface area (Å²) in [6.45, 7) is -1.10. The third kappa shape index (κ3) is 6.10. The van der Waals surface area contributed by atoms with Gasteiger partial charge in [0.05, 0.1) is 23.9 Å². The van der Waals surface area contributed by atoms with Crippen LogP contribution in [0.4, 0.5) is 0 Å². The Morgan fingerprint density at radius 1 is 1.41 bits per heavy atom. The van der Waals surface area contributed by atoms with Gasteiger partial charge in [-0.3, -0.25) is 19.7 Å². The maximum absolute atomic E-state index is 10.6. The molecule has 0 spiro atoms. The van der Waals surface area contributed by atoms with E-state index in [0.29, 0.717) is 0 Å². The van der Waals surface area contributed by atoms with Gasteiger partial charge in [0.25, 0.3) is 0 Å². The third-order valence-electron chi connectivity index (χ3n) is 1.72. The van der Waals surface area contributed by atoms with Crippen molar-refractivity contribution < 1.29 is 34.6 Å². The van der Waals surface area contributed by atoms with Crippen LogP contribution in [0, 0.1) is 16.0 Å². The molecule has 0 fully saturated rings. The molecule has 0 aliphatic heterocycles. The van der Waals surface area contributed by atoms with E-state index in [-0.39, 0.29) is 6.26 Å². The zero-order valence-corrected chi connectivity index (χ0v) is 8.61. The van der Waals surface area contributed by atoms with E-state index in [1.54, 1.807) is 0 Å². The van der Waals surface area contributed by atoms with E-state index in [2.05, 4.69) is 4.74 Å². The second-order valence-electron chi connectivity index (χ2n) is 3.03. The van der Waals surface area contributed by atoms with Gasteiger partial charge < -0.3 is 20.1 Å². The molecule has 0 radical (unpaired) electrons. The van der Waals surface area contributed by atoms with Crippen molar-refractivity contribution in [2.45, 2.75) is 6.42 Å². The van der Waals surface area contributed by atoms with Crippen LogP contribution in [0.3, 0.4) is 0 Å². The van der Waals surface area contributed by atoms with Gasteiger partial charge >= 0.3 is 17.6 Å². The second-order valence-corrected chi connectivity index (χ2v) is 3.03. The van der Waals surface area contributed by atoms with Crippen LogP contribution in [0.25, 0.3) is 0 Å². The average Bonchev–Trinajstić information content (AvgIpc) is 2.21. The zero-order chi connectivity index (χ0) is 13.4. The molecule has 0 aromatic carbocycles. The van der Waals surface area contributed by atoms with Crippen molar-refractivity contribution in [1.29, 1.82) is 0 Å². The molecule has 0 aliphatic carbocycles. The molecule has 0 saturated heterocycles. The molecule has 9 nitrogen and oxygen atoms in total. The summed E-state index contributed by atoms with van der Waals surface area (Å²) >= 11 is 0. The lowest BCUT2D eigenvalue weighted by molar-refractivity contribution is -0.432. The Labute approximate surface area is 95.1 Å². The minimum absolute atomic E-state index is 0.229. The van der Waals surface area contributed by atoms with E-state index < -0.39 is 48.1 Å². The third-order valence-corrected chi connectivity index (χ3v) is 1.72. The molecule has 1 unspecified atom stereocenters. The van der Waals surface area contributed by atoms with Gasteiger partial charge in [0.1, 0.15) is 6.61 Å². The molecule has 0 aromatic heterocycles. The van der Waals surface area contributed by atoms with Gasteiger partial charge in [-0.25, -0.2) is 0 Å². The zero-order valence-electron chi connectivity index (χ0n) is 8.61. The molecule has 0 aromatic rings. The Kier molecular flexibility index (Phi) is 6.26. The molecular formula is C8H11NO8. The number of carboxylic acids is 2. The number of ether oxygens (including phenoxy) is 1. The van der Waals surface area contributed by atoms with Crippen molar-refractivity contribution in [1.82, 2.24) is 0 Å². The van der Waals surface area contributed by atoms with E-state index in [0.717, 1.165) is 0 Å². The Morgan fingerprint density at radius 2 is 2.00 bits per heavy atom. The monoisotopic (exact) mass is 249 g/mol. The van der Waals surface area contributed by atoms with E-state index in [1.165, 1.54) is 0 Å². The van der Waals surface area contributed by atoms with Crippen molar-refractivity contribution >= 4 is 11.9 Å². The molecule has 96 valence electrons. The summed E-state index contributed by atoms with van der Waals surface area (Å²) in [6, 6.07) is 0. The highest BCUT2D eigenvalue weighted by atomic mass is 16.6. The van der Waals surface area contributed by atoms with Crippen molar-refractivity contribution in [3.8, 4) is 0 Å². The fourth-order valence-corrected chi connectivity index (χ4v) is 0.871. The highest BCUT2D eigenvalue weighted by Crippen LogP contribution is 2.06. The predicted molar refractivity (Wildman–Crippen MR) is 51.9 cm³/mol. The highest BCUT2D eigenvalue weighted by Gasteiger charge is 2.22. The fourth-order valence-electron chi connectivity index (χ4n) is 0.871. The topological polar surface area (TPSA) is 147 Å². The first-order valence-corrected chi connectivity index (χ1v) is 4.38. The van der Waals surface area contributed by atoms with Crippen molar-refractivity contribution in [2.24, 2.45) is 5.92 Å². The lowest BCUT2D eigenvalue weighted by Crippen LogP contribution is -2.24. The van der Waals surface area contributed by atoms with Gasteiger partial charge in [0.2, 0.25) is 0 Å². The van der Waals surface area contributed by atoms with Gasteiger partial charge in [-0.1, -0.05) is 0 Å². The fraction of sp³-hybridized carbons (Fsp3) is 0.500. The van der Waals surface area contributed by atoms with Crippen LogP contribution in [0.2, 0.25) is 0 Å². The second kappa shape index (κ2) is 7.17. The molecule has 1 atom stereocenters. The molecule has 0 heterocycles. The summed E-state index contributed by atoms with van der Waals surface area (Å²) in [4.78, 5) is 30.2. The number of aliphatic hydroxyl groups excluding tert-OH is 1. The Bertz CT molecular complexity index is 336. The van der Waals surface area contributed by atoms with Crippen LogP contribution >= 0.6 is 0 Å². The quantitative estimate of drug-likeness (QED) is 0.305. The average molecular weight is 249 g/mol. The van der Waals surface area contributed by atoms with Crippen LogP contribution in [-0.2, 0) is 14.3 Å². The van der Waals surface area contributed by atoms with Gasteiger partial charge in [-0.15, -0.1) is 0 Å². The Morgan fingerprint density at radius 3 is 2.35 bits per heavy atom. The number of rotatable bonds is 8. The number of nitrogens with zero attached hydrogens (tertiary/aromatic N) is 1. The van der Waals surface area contributed by atoms with Crippen LogP contribution in [-0.4, -0.2) is 45.4 Å². The number of hydrogen-bond acceptors (Lipinski definition) is 6. The molecule has 17 heavy (non-hydrogen) atoms. The molecular weight excluding hydrogens is 238 g/mol. The summed E-state index contributed by atoms with van der Waals surface area (Å²) in [6.07, 6.45) is -0.418. The first kappa shape index (κ1) is 14.8. The molecule has 0 aliphatic rings. The molecule has 0 rings (SSSR count). The number of aliphatic hydroxyl groups is 1. The SMILES string of the molecule is O=C(O)CC(COC/C(=C\O)[N+](=O)[O-])C(=O)O. The maximum Gasteiger partial charge on any atom is 0.309 e. The van der Waals surface area contributed by atoms with Gasteiger partial charge in [0.15, 0.2) is 6.26 Å². The van der Waals surface area contributed by atoms with Gasteiger partial charge in [0, 0.05) is 0 Å². The van der Waals surface area contributed by atoms with E-state index in [1.807, 2.05) is 0 Å². The number of aliphatic carboxylic acids is 2. The summed E-state index contributed by atoms with van der Waals surface area (Å²) in [5.41, 5.74) is -0.649. The number of carboxylic acid groups (broad SMARTS) is 2. The number of hydrogen-bond donors (Lipinski definition) is 3. The normalized spacial score (nSPS) is 13.1. The first-order chi connectivity index (χ1) is 7.88. The van der Waals surface area contributed by atoms with E-state index >= 15 is 0 Å². The molecule has 9 heteroatoms.